The van der Waals surface area contributed by atoms with Crippen molar-refractivity contribution >= 4 is 25.3 Å². The highest BCUT2D eigenvalue weighted by Gasteiger charge is 2.37. The second-order valence-corrected chi connectivity index (χ2v) is 7.85. The lowest BCUT2D eigenvalue weighted by Crippen LogP contribution is -2.51. The zero-order valence-electron chi connectivity index (χ0n) is 17.9. The third-order valence-corrected chi connectivity index (χ3v) is 5.23. The van der Waals surface area contributed by atoms with Crippen LogP contribution in [0.5, 0.6) is 0 Å². The van der Waals surface area contributed by atoms with Gasteiger partial charge in [-0.15, -0.1) is 0 Å². The van der Waals surface area contributed by atoms with E-state index in [9.17, 15) is 9.59 Å². The van der Waals surface area contributed by atoms with Crippen molar-refractivity contribution in [1.29, 1.82) is 0 Å². The van der Waals surface area contributed by atoms with Gasteiger partial charge in [0, 0.05) is 12.1 Å². The molecule has 2 N–H and O–H groups in total. The summed E-state index contributed by atoms with van der Waals surface area (Å²) in [6.45, 7) is 4.42. The summed E-state index contributed by atoms with van der Waals surface area (Å²) in [6.07, 6.45) is 2.78. The van der Waals surface area contributed by atoms with Crippen molar-refractivity contribution < 1.29 is 14.3 Å². The van der Waals surface area contributed by atoms with Crippen LogP contribution in [0.4, 0.5) is 4.79 Å². The Morgan fingerprint density at radius 3 is 2.70 bits per heavy atom. The topological polar surface area (TPSA) is 87.3 Å². The number of carbonyl (C=O) groups is 2. The molecule has 0 unspecified atom stereocenters. The average molecular weight is 406 g/mol. The van der Waals surface area contributed by atoms with Gasteiger partial charge in [-0.3, -0.25) is 4.79 Å². The highest BCUT2D eigenvalue weighted by molar-refractivity contribution is 6.32. The minimum atomic E-state index is -0.645. The molecule has 1 fully saturated rings. The van der Waals surface area contributed by atoms with Gasteiger partial charge >= 0.3 is 6.09 Å². The minimum absolute atomic E-state index is 0.0645. The molecule has 2 heterocycles. The summed E-state index contributed by atoms with van der Waals surface area (Å²) < 4.78 is 4.67. The number of benzene rings is 1. The number of aromatic amines is 1. The Balaban J connectivity index is 1.75. The first kappa shape index (κ1) is 21.5. The van der Waals surface area contributed by atoms with E-state index in [-0.39, 0.29) is 17.9 Å². The molecule has 8 heteroatoms. The SMILES string of the molecule is Bc1ccc(C#Cc2cnc([C@@H]3CCCN3C(=O)[C@@H](NC(=O)OC)C(C)C)[nH]2)cc1. The highest BCUT2D eigenvalue weighted by atomic mass is 16.5. The van der Waals surface area contributed by atoms with Crippen LogP contribution in [0.1, 0.15) is 49.8 Å². The van der Waals surface area contributed by atoms with Crippen molar-refractivity contribution in [3.63, 3.8) is 0 Å². The number of ether oxygens (including phenoxy) is 1. The molecule has 3 rings (SSSR count). The summed E-state index contributed by atoms with van der Waals surface area (Å²) >= 11 is 0. The van der Waals surface area contributed by atoms with E-state index in [0.29, 0.717) is 12.2 Å². The van der Waals surface area contributed by atoms with E-state index in [0.717, 1.165) is 24.2 Å². The molecule has 1 aliphatic rings. The highest BCUT2D eigenvalue weighted by Crippen LogP contribution is 2.31. The van der Waals surface area contributed by atoms with Crippen LogP contribution in [0.25, 0.3) is 0 Å². The maximum absolute atomic E-state index is 13.2. The Bertz CT molecular complexity index is 959. The smallest absolute Gasteiger partial charge is 0.407 e. The maximum atomic E-state index is 13.2. The number of H-pyrrole nitrogens is 1. The van der Waals surface area contributed by atoms with Gasteiger partial charge in [0.05, 0.1) is 19.3 Å². The van der Waals surface area contributed by atoms with Crippen LogP contribution in [-0.4, -0.2) is 54.4 Å². The second kappa shape index (κ2) is 9.53. The number of amides is 2. The molecule has 2 aromatic rings. The number of alkyl carbamates (subject to hydrolysis) is 1. The largest absolute Gasteiger partial charge is 0.453 e. The average Bonchev–Trinajstić information content (AvgIpc) is 3.40. The lowest BCUT2D eigenvalue weighted by atomic mass is 9.95. The Morgan fingerprint density at radius 1 is 1.30 bits per heavy atom. The third kappa shape index (κ3) is 5.04. The molecule has 2 atom stereocenters. The van der Waals surface area contributed by atoms with Crippen LogP contribution in [-0.2, 0) is 9.53 Å². The van der Waals surface area contributed by atoms with Gasteiger partial charge in [0.2, 0.25) is 5.91 Å². The monoisotopic (exact) mass is 406 g/mol. The van der Waals surface area contributed by atoms with Crippen LogP contribution in [0.3, 0.4) is 0 Å². The first-order valence-corrected chi connectivity index (χ1v) is 10.2. The van der Waals surface area contributed by atoms with Gasteiger partial charge in [0.25, 0.3) is 0 Å². The first-order chi connectivity index (χ1) is 14.4. The molecule has 0 saturated carbocycles. The number of rotatable bonds is 4. The van der Waals surface area contributed by atoms with Crippen LogP contribution in [0.15, 0.2) is 30.5 Å². The van der Waals surface area contributed by atoms with Gasteiger partial charge in [-0.1, -0.05) is 37.4 Å². The van der Waals surface area contributed by atoms with Gasteiger partial charge in [-0.2, -0.15) is 0 Å². The molecule has 156 valence electrons. The van der Waals surface area contributed by atoms with Crippen LogP contribution < -0.4 is 10.8 Å². The van der Waals surface area contributed by atoms with E-state index in [4.69, 9.17) is 0 Å². The fourth-order valence-corrected chi connectivity index (χ4v) is 3.54. The number of nitrogens with one attached hydrogen (secondary N) is 2. The van der Waals surface area contributed by atoms with Crippen molar-refractivity contribution in [3.05, 3.63) is 47.5 Å². The molecule has 0 bridgehead atoms. The molecular formula is C22H27BN4O3. The number of imidazole rings is 1. The molecular weight excluding hydrogens is 379 g/mol. The molecule has 0 aliphatic carbocycles. The first-order valence-electron chi connectivity index (χ1n) is 10.2. The summed E-state index contributed by atoms with van der Waals surface area (Å²) in [4.78, 5) is 34.3. The lowest BCUT2D eigenvalue weighted by molar-refractivity contribution is -0.135. The standard InChI is InChI=1S/C22H27BN4O3/c1-14(2)19(26-22(29)30-3)21(28)27-12-4-5-18(27)20-24-13-17(25-20)11-8-15-6-9-16(23)10-7-15/h6-7,9-10,13-14,18-19H,4-5,12,23H2,1-3H3,(H,24,25)(H,26,29)/t18-,19-/m0/s1. The zero-order chi connectivity index (χ0) is 21.7. The number of hydrogen-bond donors (Lipinski definition) is 2. The molecule has 1 saturated heterocycles. The third-order valence-electron chi connectivity index (χ3n) is 5.23. The van der Waals surface area contributed by atoms with Crippen molar-refractivity contribution in [2.45, 2.75) is 38.8 Å². The molecule has 30 heavy (non-hydrogen) atoms. The maximum Gasteiger partial charge on any atom is 0.407 e. The van der Waals surface area contributed by atoms with Gasteiger partial charge < -0.3 is 19.9 Å². The minimum Gasteiger partial charge on any atom is -0.453 e. The fraction of sp³-hybridized carbons (Fsp3) is 0.409. The predicted octanol–water partition coefficient (Wildman–Crippen LogP) is 1.11. The molecule has 1 aliphatic heterocycles. The molecule has 0 spiro atoms. The van der Waals surface area contributed by atoms with E-state index in [1.54, 1.807) is 11.1 Å². The summed E-state index contributed by atoms with van der Waals surface area (Å²) in [5.74, 6) is 6.75. The van der Waals surface area contributed by atoms with E-state index in [1.807, 2.05) is 46.0 Å². The molecule has 1 aromatic heterocycles. The number of methoxy groups -OCH3 is 1. The molecule has 0 radical (unpaired) electrons. The zero-order valence-corrected chi connectivity index (χ0v) is 17.9. The normalized spacial score (nSPS) is 16.7. The van der Waals surface area contributed by atoms with Crippen LogP contribution >= 0.6 is 0 Å². The fourth-order valence-electron chi connectivity index (χ4n) is 3.54. The number of carbonyl (C=O) groups excluding carboxylic acids is 2. The number of nitrogens with zero attached hydrogens (tertiary/aromatic N) is 2. The van der Waals surface area contributed by atoms with E-state index in [1.165, 1.54) is 12.6 Å². The van der Waals surface area contributed by atoms with Gasteiger partial charge in [0.15, 0.2) is 0 Å². The van der Waals surface area contributed by atoms with Crippen LogP contribution in [0.2, 0.25) is 0 Å². The Kier molecular flexibility index (Phi) is 6.83. The Morgan fingerprint density at radius 2 is 2.03 bits per heavy atom. The van der Waals surface area contributed by atoms with Gasteiger partial charge in [0.1, 0.15) is 25.4 Å². The lowest BCUT2D eigenvalue weighted by Gasteiger charge is -2.29. The summed E-state index contributed by atoms with van der Waals surface area (Å²) in [5.41, 5.74) is 2.83. The quantitative estimate of drug-likeness (QED) is 0.589. The van der Waals surface area contributed by atoms with E-state index in [2.05, 4.69) is 31.9 Å². The summed E-state index contributed by atoms with van der Waals surface area (Å²) in [7, 11) is 3.33. The Hall–Kier alpha value is -3.21. The number of likely N-dealkylation sites (tertiary alicyclic amines) is 1. The second-order valence-electron chi connectivity index (χ2n) is 7.85. The number of aromatic nitrogens is 2. The summed E-state index contributed by atoms with van der Waals surface area (Å²) in [6, 6.07) is 7.21. The molecule has 7 nitrogen and oxygen atoms in total. The van der Waals surface area contributed by atoms with Gasteiger partial charge in [-0.25, -0.2) is 9.78 Å². The van der Waals surface area contributed by atoms with E-state index >= 15 is 0 Å². The van der Waals surface area contributed by atoms with Crippen molar-refractivity contribution in [2.24, 2.45) is 5.92 Å². The van der Waals surface area contributed by atoms with Crippen LogP contribution in [0, 0.1) is 17.8 Å². The summed E-state index contributed by atoms with van der Waals surface area (Å²) in [5, 5.41) is 2.66. The van der Waals surface area contributed by atoms with E-state index < -0.39 is 12.1 Å². The Labute approximate surface area is 178 Å². The van der Waals surface area contributed by atoms with Crippen molar-refractivity contribution in [1.82, 2.24) is 20.2 Å². The molecule has 2 amide bonds. The predicted molar refractivity (Wildman–Crippen MR) is 117 cm³/mol. The van der Waals surface area contributed by atoms with Gasteiger partial charge in [-0.05, 0) is 36.8 Å². The van der Waals surface area contributed by atoms with Crippen molar-refractivity contribution in [2.75, 3.05) is 13.7 Å². The number of hydrogen-bond acceptors (Lipinski definition) is 4. The van der Waals surface area contributed by atoms with Crippen molar-refractivity contribution in [3.8, 4) is 11.8 Å². The molecule has 1 aromatic carbocycles.